The Morgan fingerprint density at radius 1 is 1.16 bits per heavy atom. The minimum absolute atomic E-state index is 0.449. The molecule has 0 aliphatic rings. The summed E-state index contributed by atoms with van der Waals surface area (Å²) in [6, 6.07) is 13.8. The van der Waals surface area contributed by atoms with Crippen LogP contribution < -0.4 is 10.6 Å². The molecule has 0 saturated heterocycles. The lowest BCUT2D eigenvalue weighted by Gasteiger charge is -2.11. The Kier molecular flexibility index (Phi) is 5.31. The zero-order chi connectivity index (χ0) is 17.8. The Morgan fingerprint density at radius 3 is 2.80 bits per heavy atom. The summed E-state index contributed by atoms with van der Waals surface area (Å²) in [5, 5.41) is 11.7. The fraction of sp³-hybridized carbons (Fsp3) is 0.167. The molecule has 3 aromatic rings. The smallest absolute Gasteiger partial charge is 0.248 e. The van der Waals surface area contributed by atoms with Crippen LogP contribution in [0.4, 0.5) is 11.6 Å². The molecule has 0 amide bonds. The first-order valence-electron chi connectivity index (χ1n) is 7.79. The number of hydrogen-bond acceptors (Lipinski definition) is 3. The lowest BCUT2D eigenvalue weighted by Crippen LogP contribution is -2.20. The van der Waals surface area contributed by atoms with E-state index in [1.807, 2.05) is 38.1 Å². The summed E-state index contributed by atoms with van der Waals surface area (Å²) in [4.78, 5) is 4.24. The van der Waals surface area contributed by atoms with E-state index in [0.717, 1.165) is 16.8 Å². The van der Waals surface area contributed by atoms with E-state index in [1.165, 1.54) is 5.56 Å². The number of aromatic nitrogens is 3. The Balaban J connectivity index is 1.62. The molecule has 0 aliphatic carbocycles. The molecule has 1 heterocycles. The van der Waals surface area contributed by atoms with Gasteiger partial charge in [0.1, 0.15) is 6.33 Å². The third kappa shape index (κ3) is 4.78. The summed E-state index contributed by atoms with van der Waals surface area (Å²) in [6.45, 7) is 4.66. The van der Waals surface area contributed by atoms with Crippen LogP contribution in [0.2, 0.25) is 5.02 Å². The molecular weight excluding hydrogens is 354 g/mol. The number of rotatable bonds is 4. The van der Waals surface area contributed by atoms with Crippen molar-refractivity contribution in [2.45, 2.75) is 20.4 Å². The van der Waals surface area contributed by atoms with Gasteiger partial charge in [-0.05, 0) is 61.0 Å². The predicted molar refractivity (Wildman–Crippen MR) is 106 cm³/mol. The molecular formula is C18H18ClN5S. The molecule has 0 aliphatic heterocycles. The third-order valence-electron chi connectivity index (χ3n) is 3.64. The number of nitrogens with one attached hydrogen (secondary N) is 2. The molecule has 0 bridgehead atoms. The van der Waals surface area contributed by atoms with Crippen LogP contribution in [0.1, 0.15) is 16.7 Å². The zero-order valence-corrected chi connectivity index (χ0v) is 15.5. The van der Waals surface area contributed by atoms with E-state index in [9.17, 15) is 0 Å². The van der Waals surface area contributed by atoms with E-state index in [-0.39, 0.29) is 0 Å². The van der Waals surface area contributed by atoms with Gasteiger partial charge in [-0.3, -0.25) is 5.32 Å². The highest BCUT2D eigenvalue weighted by Crippen LogP contribution is 2.16. The van der Waals surface area contributed by atoms with Crippen molar-refractivity contribution >= 4 is 40.6 Å². The van der Waals surface area contributed by atoms with Gasteiger partial charge < -0.3 is 5.32 Å². The van der Waals surface area contributed by atoms with E-state index in [1.54, 1.807) is 11.0 Å². The highest BCUT2D eigenvalue weighted by atomic mass is 35.5. The topological polar surface area (TPSA) is 54.8 Å². The van der Waals surface area contributed by atoms with Crippen molar-refractivity contribution in [1.82, 2.24) is 14.8 Å². The number of thiocarbonyl (C=S) groups is 1. The lowest BCUT2D eigenvalue weighted by atomic mass is 10.1. The largest absolute Gasteiger partial charge is 0.332 e. The molecule has 2 aromatic carbocycles. The molecule has 0 saturated carbocycles. The summed E-state index contributed by atoms with van der Waals surface area (Å²) in [7, 11) is 0. The Morgan fingerprint density at radius 2 is 2.00 bits per heavy atom. The quantitative estimate of drug-likeness (QED) is 0.665. The second-order valence-corrected chi connectivity index (χ2v) is 6.64. The highest BCUT2D eigenvalue weighted by Gasteiger charge is 2.06. The van der Waals surface area contributed by atoms with Gasteiger partial charge in [-0.15, -0.1) is 5.10 Å². The van der Waals surface area contributed by atoms with Crippen molar-refractivity contribution in [2.75, 3.05) is 10.6 Å². The fourth-order valence-electron chi connectivity index (χ4n) is 2.38. The lowest BCUT2D eigenvalue weighted by molar-refractivity contribution is 0.687. The van der Waals surface area contributed by atoms with Gasteiger partial charge in [-0.25, -0.2) is 9.67 Å². The molecule has 1 aromatic heterocycles. The first-order chi connectivity index (χ1) is 12.0. The molecule has 25 heavy (non-hydrogen) atoms. The van der Waals surface area contributed by atoms with Crippen LogP contribution in [0.3, 0.4) is 0 Å². The number of halogens is 1. The maximum absolute atomic E-state index is 6.00. The maximum Gasteiger partial charge on any atom is 0.248 e. The maximum atomic E-state index is 6.00. The molecule has 0 spiro atoms. The van der Waals surface area contributed by atoms with Gasteiger partial charge in [0.2, 0.25) is 5.95 Å². The van der Waals surface area contributed by atoms with Crippen molar-refractivity contribution in [1.29, 1.82) is 0 Å². The average Bonchev–Trinajstić information content (AvgIpc) is 2.97. The molecule has 128 valence electrons. The normalized spacial score (nSPS) is 10.5. The van der Waals surface area contributed by atoms with Crippen LogP contribution in [-0.4, -0.2) is 19.9 Å². The van der Waals surface area contributed by atoms with Crippen molar-refractivity contribution in [3.05, 3.63) is 70.5 Å². The van der Waals surface area contributed by atoms with Gasteiger partial charge in [0, 0.05) is 10.7 Å². The van der Waals surface area contributed by atoms with Crippen LogP contribution in [0.25, 0.3) is 0 Å². The molecule has 0 unspecified atom stereocenters. The first kappa shape index (κ1) is 17.4. The number of benzene rings is 2. The monoisotopic (exact) mass is 371 g/mol. The molecule has 7 heteroatoms. The highest BCUT2D eigenvalue weighted by molar-refractivity contribution is 7.80. The minimum atomic E-state index is 0.449. The van der Waals surface area contributed by atoms with Gasteiger partial charge in [0.25, 0.3) is 0 Å². The van der Waals surface area contributed by atoms with Crippen LogP contribution in [0, 0.1) is 13.8 Å². The molecule has 0 fully saturated rings. The summed E-state index contributed by atoms with van der Waals surface area (Å²) in [5.74, 6) is 0.449. The number of nitrogens with zero attached hydrogens (tertiary/aromatic N) is 3. The van der Waals surface area contributed by atoms with Gasteiger partial charge in [-0.1, -0.05) is 35.9 Å². The third-order valence-corrected chi connectivity index (χ3v) is 4.08. The van der Waals surface area contributed by atoms with E-state index < -0.39 is 0 Å². The van der Waals surface area contributed by atoms with E-state index >= 15 is 0 Å². The van der Waals surface area contributed by atoms with E-state index in [0.29, 0.717) is 22.6 Å². The molecule has 2 N–H and O–H groups in total. The van der Waals surface area contributed by atoms with Gasteiger partial charge in [0.15, 0.2) is 5.11 Å². The molecule has 3 rings (SSSR count). The Labute approximate surface area is 157 Å². The van der Waals surface area contributed by atoms with Gasteiger partial charge in [-0.2, -0.15) is 0 Å². The van der Waals surface area contributed by atoms with Crippen molar-refractivity contribution < 1.29 is 0 Å². The fourth-order valence-corrected chi connectivity index (χ4v) is 2.79. The van der Waals surface area contributed by atoms with Gasteiger partial charge in [0.05, 0.1) is 6.54 Å². The van der Waals surface area contributed by atoms with Crippen LogP contribution in [0.5, 0.6) is 0 Å². The van der Waals surface area contributed by atoms with E-state index in [4.69, 9.17) is 23.8 Å². The van der Waals surface area contributed by atoms with Crippen molar-refractivity contribution in [3.8, 4) is 0 Å². The summed E-state index contributed by atoms with van der Waals surface area (Å²) < 4.78 is 1.73. The van der Waals surface area contributed by atoms with Crippen LogP contribution in [-0.2, 0) is 6.54 Å². The number of aryl methyl sites for hydroxylation is 2. The average molecular weight is 372 g/mol. The van der Waals surface area contributed by atoms with Crippen LogP contribution >= 0.6 is 23.8 Å². The Hall–Kier alpha value is -2.44. The van der Waals surface area contributed by atoms with Gasteiger partial charge >= 0.3 is 0 Å². The van der Waals surface area contributed by atoms with Crippen molar-refractivity contribution in [2.24, 2.45) is 0 Å². The predicted octanol–water partition coefficient (Wildman–Crippen LogP) is 4.41. The molecule has 5 nitrogen and oxygen atoms in total. The molecule has 0 radical (unpaired) electrons. The van der Waals surface area contributed by atoms with Crippen molar-refractivity contribution in [3.63, 3.8) is 0 Å². The summed E-state index contributed by atoms with van der Waals surface area (Å²) >= 11 is 11.4. The zero-order valence-electron chi connectivity index (χ0n) is 14.0. The minimum Gasteiger partial charge on any atom is -0.332 e. The number of hydrogen-bond donors (Lipinski definition) is 2. The standard InChI is InChI=1S/C18H18ClN5S/c1-12-6-7-13(2)16(8-12)21-18(25)22-17-20-11-24(23-17)10-14-4-3-5-15(19)9-14/h3-9,11H,10H2,1-2H3,(H2,21,22,23,25). The van der Waals surface area contributed by atoms with Crippen LogP contribution in [0.15, 0.2) is 48.8 Å². The number of anilines is 2. The first-order valence-corrected chi connectivity index (χ1v) is 8.57. The second kappa shape index (κ2) is 7.63. The Bertz CT molecular complexity index is 906. The van der Waals surface area contributed by atoms with E-state index in [2.05, 4.69) is 38.9 Å². The molecule has 0 atom stereocenters. The second-order valence-electron chi connectivity index (χ2n) is 5.79. The summed E-state index contributed by atoms with van der Waals surface area (Å²) in [5.41, 5.74) is 4.31. The SMILES string of the molecule is Cc1ccc(C)c(NC(=S)Nc2ncn(Cc3cccc(Cl)c3)n2)c1. The summed E-state index contributed by atoms with van der Waals surface area (Å²) in [6.07, 6.45) is 1.66.